The number of carbonyl (C=O) groups is 1. The van der Waals surface area contributed by atoms with Gasteiger partial charge in [-0.05, 0) is 36.0 Å². The molecule has 1 saturated carbocycles. The van der Waals surface area contributed by atoms with E-state index in [0.717, 1.165) is 22.8 Å². The molecule has 0 aliphatic heterocycles. The smallest absolute Gasteiger partial charge is 0.240 e. The molecule has 1 fully saturated rings. The SMILES string of the molecule is CC(C)(C)c1ccc(N(CC(=O)NCCSC2CCCC2)S(C)(=O)=O)cc1. The van der Waals surface area contributed by atoms with Gasteiger partial charge in [-0.2, -0.15) is 11.8 Å². The van der Waals surface area contributed by atoms with Crippen molar-refractivity contribution in [3.63, 3.8) is 0 Å². The first-order valence-electron chi connectivity index (χ1n) is 9.54. The number of amides is 1. The lowest BCUT2D eigenvalue weighted by Crippen LogP contribution is -2.41. The zero-order valence-electron chi connectivity index (χ0n) is 16.8. The molecule has 0 bridgehead atoms. The van der Waals surface area contributed by atoms with Gasteiger partial charge in [0.1, 0.15) is 6.54 Å². The van der Waals surface area contributed by atoms with Crippen molar-refractivity contribution in [1.82, 2.24) is 5.32 Å². The van der Waals surface area contributed by atoms with Crippen LogP contribution in [0.5, 0.6) is 0 Å². The van der Waals surface area contributed by atoms with Crippen molar-refractivity contribution in [3.8, 4) is 0 Å². The number of benzene rings is 1. The quantitative estimate of drug-likeness (QED) is 0.663. The minimum Gasteiger partial charge on any atom is -0.354 e. The van der Waals surface area contributed by atoms with E-state index in [1.807, 2.05) is 23.9 Å². The van der Waals surface area contributed by atoms with E-state index in [-0.39, 0.29) is 17.9 Å². The van der Waals surface area contributed by atoms with Crippen molar-refractivity contribution in [2.75, 3.05) is 29.4 Å². The number of hydrogen-bond acceptors (Lipinski definition) is 4. The van der Waals surface area contributed by atoms with E-state index in [1.54, 1.807) is 12.1 Å². The van der Waals surface area contributed by atoms with E-state index >= 15 is 0 Å². The summed E-state index contributed by atoms with van der Waals surface area (Å²) in [4.78, 5) is 12.3. The van der Waals surface area contributed by atoms with Crippen LogP contribution in [0, 0.1) is 0 Å². The number of sulfonamides is 1. The first-order chi connectivity index (χ1) is 12.6. The molecule has 7 heteroatoms. The minimum absolute atomic E-state index is 0.0111. The summed E-state index contributed by atoms with van der Waals surface area (Å²) in [7, 11) is -3.54. The maximum Gasteiger partial charge on any atom is 0.240 e. The summed E-state index contributed by atoms with van der Waals surface area (Å²) in [6, 6.07) is 7.38. The van der Waals surface area contributed by atoms with Crippen LogP contribution in [0.25, 0.3) is 0 Å². The van der Waals surface area contributed by atoms with Crippen molar-refractivity contribution in [1.29, 1.82) is 0 Å². The molecule has 1 N–H and O–H groups in total. The molecule has 1 aromatic rings. The van der Waals surface area contributed by atoms with Crippen LogP contribution in [0.15, 0.2) is 24.3 Å². The molecule has 0 atom stereocenters. The average molecular weight is 413 g/mol. The molecule has 0 spiro atoms. The van der Waals surface area contributed by atoms with E-state index in [2.05, 4.69) is 26.1 Å². The monoisotopic (exact) mass is 412 g/mol. The molecule has 1 aliphatic carbocycles. The molecular weight excluding hydrogens is 380 g/mol. The molecule has 0 radical (unpaired) electrons. The lowest BCUT2D eigenvalue weighted by atomic mass is 9.87. The van der Waals surface area contributed by atoms with Crippen molar-refractivity contribution in [2.45, 2.75) is 57.1 Å². The summed E-state index contributed by atoms with van der Waals surface area (Å²) < 4.78 is 25.6. The van der Waals surface area contributed by atoms with Crippen molar-refractivity contribution >= 4 is 33.4 Å². The Kier molecular flexibility index (Phi) is 7.63. The molecule has 5 nitrogen and oxygen atoms in total. The molecule has 0 unspecified atom stereocenters. The average Bonchev–Trinajstić information content (AvgIpc) is 3.08. The normalized spacial score (nSPS) is 15.7. The molecule has 2 rings (SSSR count). The van der Waals surface area contributed by atoms with Crippen LogP contribution in [0.4, 0.5) is 5.69 Å². The third-order valence-corrected chi connectivity index (χ3v) is 7.31. The predicted molar refractivity (Wildman–Crippen MR) is 115 cm³/mol. The molecule has 27 heavy (non-hydrogen) atoms. The third-order valence-electron chi connectivity index (χ3n) is 4.79. The Morgan fingerprint density at radius 3 is 2.30 bits per heavy atom. The summed E-state index contributed by atoms with van der Waals surface area (Å²) in [6.07, 6.45) is 6.28. The Bertz CT molecular complexity index is 719. The minimum atomic E-state index is -3.54. The highest BCUT2D eigenvalue weighted by atomic mass is 32.2. The van der Waals surface area contributed by atoms with Gasteiger partial charge in [0.05, 0.1) is 11.9 Å². The first kappa shape index (κ1) is 22.1. The summed E-state index contributed by atoms with van der Waals surface area (Å²) >= 11 is 1.90. The number of anilines is 1. The van der Waals surface area contributed by atoms with E-state index in [0.29, 0.717) is 12.2 Å². The van der Waals surface area contributed by atoms with Gasteiger partial charge in [-0.15, -0.1) is 0 Å². The number of nitrogens with one attached hydrogen (secondary N) is 1. The van der Waals surface area contributed by atoms with E-state index in [4.69, 9.17) is 0 Å². The lowest BCUT2D eigenvalue weighted by molar-refractivity contribution is -0.119. The van der Waals surface area contributed by atoms with Crippen LogP contribution in [-0.4, -0.2) is 44.7 Å². The second-order valence-corrected chi connectivity index (χ2v) is 11.5. The highest BCUT2D eigenvalue weighted by Crippen LogP contribution is 2.29. The molecule has 152 valence electrons. The van der Waals surface area contributed by atoms with Crippen molar-refractivity contribution in [2.24, 2.45) is 0 Å². The van der Waals surface area contributed by atoms with Crippen molar-refractivity contribution < 1.29 is 13.2 Å². The van der Waals surface area contributed by atoms with Crippen LogP contribution >= 0.6 is 11.8 Å². The van der Waals surface area contributed by atoms with E-state index < -0.39 is 10.0 Å². The summed E-state index contributed by atoms with van der Waals surface area (Å²) in [5.74, 6) is 0.600. The molecule has 1 amide bonds. The fourth-order valence-corrected chi connectivity index (χ4v) is 5.26. The number of nitrogens with zero attached hydrogens (tertiary/aromatic N) is 1. The van der Waals surface area contributed by atoms with E-state index in [9.17, 15) is 13.2 Å². The Labute approximate surface area is 168 Å². The number of rotatable bonds is 8. The Morgan fingerprint density at radius 1 is 1.19 bits per heavy atom. The van der Waals surface area contributed by atoms with Gasteiger partial charge in [-0.25, -0.2) is 8.42 Å². The molecule has 1 aliphatic rings. The molecule has 0 heterocycles. The Morgan fingerprint density at radius 2 is 1.78 bits per heavy atom. The topological polar surface area (TPSA) is 66.5 Å². The van der Waals surface area contributed by atoms with Gasteiger partial charge in [-0.1, -0.05) is 45.7 Å². The van der Waals surface area contributed by atoms with Gasteiger partial charge in [0, 0.05) is 17.5 Å². The standard InChI is InChI=1S/C20H32N2O3S2/c1-20(2,3)16-9-11-17(12-10-16)22(27(4,24)25)15-19(23)21-13-14-26-18-7-5-6-8-18/h9-12,18H,5-8,13-15H2,1-4H3,(H,21,23). The summed E-state index contributed by atoms with van der Waals surface area (Å²) in [5, 5.41) is 3.57. The number of hydrogen-bond donors (Lipinski definition) is 1. The van der Waals surface area contributed by atoms with Gasteiger partial charge >= 0.3 is 0 Å². The van der Waals surface area contributed by atoms with Gasteiger partial charge in [0.25, 0.3) is 0 Å². The maximum atomic E-state index is 12.3. The molecule has 0 saturated heterocycles. The number of thioether (sulfide) groups is 1. The Balaban J connectivity index is 1.92. The second kappa shape index (κ2) is 9.32. The van der Waals surface area contributed by atoms with Crippen LogP contribution in [0.2, 0.25) is 0 Å². The first-order valence-corrected chi connectivity index (χ1v) is 12.4. The molecule has 1 aromatic carbocycles. The van der Waals surface area contributed by atoms with Crippen molar-refractivity contribution in [3.05, 3.63) is 29.8 Å². The third kappa shape index (κ3) is 7.03. The highest BCUT2D eigenvalue weighted by Gasteiger charge is 2.22. The van der Waals surface area contributed by atoms with Gasteiger partial charge in [-0.3, -0.25) is 9.10 Å². The van der Waals surface area contributed by atoms with Crippen LogP contribution in [0.1, 0.15) is 52.0 Å². The fraction of sp³-hybridized carbons (Fsp3) is 0.650. The number of carbonyl (C=O) groups excluding carboxylic acids is 1. The molecular formula is C20H32N2O3S2. The predicted octanol–water partition coefficient (Wildman–Crippen LogP) is 3.54. The van der Waals surface area contributed by atoms with E-state index in [1.165, 1.54) is 30.0 Å². The van der Waals surface area contributed by atoms with Gasteiger partial charge in [0.15, 0.2) is 0 Å². The maximum absolute atomic E-state index is 12.3. The van der Waals surface area contributed by atoms with Gasteiger partial charge < -0.3 is 5.32 Å². The zero-order valence-corrected chi connectivity index (χ0v) is 18.5. The largest absolute Gasteiger partial charge is 0.354 e. The van der Waals surface area contributed by atoms with Crippen LogP contribution in [0.3, 0.4) is 0 Å². The molecule has 0 aromatic heterocycles. The summed E-state index contributed by atoms with van der Waals surface area (Å²) in [5.41, 5.74) is 1.62. The Hall–Kier alpha value is -1.21. The lowest BCUT2D eigenvalue weighted by Gasteiger charge is -2.24. The fourth-order valence-electron chi connectivity index (χ4n) is 3.19. The zero-order chi connectivity index (χ0) is 20.1. The van der Waals surface area contributed by atoms with Crippen LogP contribution in [-0.2, 0) is 20.2 Å². The van der Waals surface area contributed by atoms with Crippen LogP contribution < -0.4 is 9.62 Å². The second-order valence-electron chi connectivity index (χ2n) is 8.19. The van der Waals surface area contributed by atoms with Gasteiger partial charge in [0.2, 0.25) is 15.9 Å². The summed E-state index contributed by atoms with van der Waals surface area (Å²) in [6.45, 7) is 6.69. The highest BCUT2D eigenvalue weighted by molar-refractivity contribution is 7.99.